The number of hydrogen-bond acceptors (Lipinski definition) is 5. The van der Waals surface area contributed by atoms with Gasteiger partial charge in [-0.1, -0.05) is 25.1 Å². The Balaban J connectivity index is 1.78. The molecule has 1 saturated heterocycles. The maximum absolute atomic E-state index is 12.2. The van der Waals surface area contributed by atoms with Crippen LogP contribution in [0.4, 0.5) is 11.4 Å². The molecular formula is C19H27N5O. The third kappa shape index (κ3) is 3.85. The molecule has 3 rings (SSSR count). The molecule has 0 radical (unpaired) electrons. The van der Waals surface area contributed by atoms with Crippen molar-refractivity contribution in [3.05, 3.63) is 51.9 Å². The molecule has 2 aromatic rings. The zero-order valence-corrected chi connectivity index (χ0v) is 15.3. The predicted molar refractivity (Wildman–Crippen MR) is 102 cm³/mol. The van der Waals surface area contributed by atoms with E-state index in [0.29, 0.717) is 13.0 Å². The lowest BCUT2D eigenvalue weighted by atomic mass is 10.1. The monoisotopic (exact) mass is 341 g/mol. The van der Waals surface area contributed by atoms with Crippen LogP contribution in [0.5, 0.6) is 0 Å². The molecule has 1 aliphatic rings. The lowest BCUT2D eigenvalue weighted by Gasteiger charge is -2.35. The number of aromatic nitrogens is 2. The van der Waals surface area contributed by atoms with Crippen molar-refractivity contribution >= 4 is 11.4 Å². The first-order chi connectivity index (χ1) is 12.1. The molecule has 0 unspecified atom stereocenters. The predicted octanol–water partition coefficient (Wildman–Crippen LogP) is 1.71. The van der Waals surface area contributed by atoms with Crippen LogP contribution in [0.3, 0.4) is 0 Å². The number of para-hydroxylation sites is 1. The summed E-state index contributed by atoms with van der Waals surface area (Å²) in [7, 11) is 3.86. The minimum Gasteiger partial charge on any atom is -0.379 e. The van der Waals surface area contributed by atoms with Gasteiger partial charge in [0.05, 0.1) is 11.9 Å². The first-order valence-corrected chi connectivity index (χ1v) is 8.90. The van der Waals surface area contributed by atoms with Gasteiger partial charge in [-0.3, -0.25) is 4.79 Å². The Hall–Kier alpha value is -2.34. The molecular weight excluding hydrogens is 314 g/mol. The Morgan fingerprint density at radius 2 is 1.84 bits per heavy atom. The number of benzene rings is 1. The van der Waals surface area contributed by atoms with E-state index >= 15 is 0 Å². The van der Waals surface area contributed by atoms with Crippen molar-refractivity contribution in [3.63, 3.8) is 0 Å². The van der Waals surface area contributed by atoms with Gasteiger partial charge in [-0.15, -0.1) is 0 Å². The number of hydrogen-bond donors (Lipinski definition) is 1. The van der Waals surface area contributed by atoms with E-state index in [1.807, 2.05) is 6.92 Å². The van der Waals surface area contributed by atoms with Crippen LogP contribution in [0, 0.1) is 0 Å². The maximum Gasteiger partial charge on any atom is 0.271 e. The highest BCUT2D eigenvalue weighted by molar-refractivity contribution is 5.56. The van der Waals surface area contributed by atoms with Crippen LogP contribution < -0.4 is 15.8 Å². The molecule has 1 aromatic carbocycles. The zero-order valence-electron chi connectivity index (χ0n) is 15.3. The molecule has 0 bridgehead atoms. The second kappa shape index (κ2) is 7.70. The van der Waals surface area contributed by atoms with Crippen LogP contribution in [-0.2, 0) is 20.0 Å². The topological polar surface area (TPSA) is 53.4 Å². The third-order valence-electron chi connectivity index (χ3n) is 4.90. The van der Waals surface area contributed by atoms with E-state index in [1.165, 1.54) is 15.9 Å². The fourth-order valence-electron chi connectivity index (χ4n) is 3.29. The fraction of sp³-hybridized carbons (Fsp3) is 0.474. The summed E-state index contributed by atoms with van der Waals surface area (Å²) in [5.74, 6) is 0. The van der Waals surface area contributed by atoms with E-state index in [-0.39, 0.29) is 5.56 Å². The number of aryl methyl sites for hydroxylation is 1. The van der Waals surface area contributed by atoms with Gasteiger partial charge in [0.15, 0.2) is 0 Å². The van der Waals surface area contributed by atoms with Crippen molar-refractivity contribution in [1.29, 1.82) is 0 Å². The number of rotatable bonds is 5. The van der Waals surface area contributed by atoms with Crippen molar-refractivity contribution in [2.45, 2.75) is 19.9 Å². The van der Waals surface area contributed by atoms with Gasteiger partial charge in [-0.25, -0.2) is 4.68 Å². The summed E-state index contributed by atoms with van der Waals surface area (Å²) in [6.07, 6.45) is 2.44. The molecule has 25 heavy (non-hydrogen) atoms. The lowest BCUT2D eigenvalue weighted by Crippen LogP contribution is -2.44. The van der Waals surface area contributed by atoms with E-state index < -0.39 is 0 Å². The molecule has 0 aliphatic carbocycles. The van der Waals surface area contributed by atoms with E-state index in [1.54, 1.807) is 13.2 Å². The minimum absolute atomic E-state index is 0.0279. The lowest BCUT2D eigenvalue weighted by molar-refractivity contribution is 0.312. The molecule has 134 valence electrons. The molecule has 6 heteroatoms. The molecule has 2 heterocycles. The molecule has 1 aliphatic heterocycles. The quantitative estimate of drug-likeness (QED) is 0.897. The Morgan fingerprint density at radius 1 is 1.12 bits per heavy atom. The van der Waals surface area contributed by atoms with Crippen molar-refractivity contribution in [3.8, 4) is 0 Å². The smallest absolute Gasteiger partial charge is 0.271 e. The second-order valence-corrected chi connectivity index (χ2v) is 6.59. The molecule has 6 nitrogen and oxygen atoms in total. The van der Waals surface area contributed by atoms with E-state index in [4.69, 9.17) is 0 Å². The molecule has 0 atom stereocenters. The zero-order chi connectivity index (χ0) is 17.8. The molecule has 1 fully saturated rings. The van der Waals surface area contributed by atoms with E-state index in [0.717, 1.165) is 37.4 Å². The molecule has 1 aromatic heterocycles. The first-order valence-electron chi connectivity index (χ1n) is 8.90. The number of nitrogens with one attached hydrogen (secondary N) is 1. The van der Waals surface area contributed by atoms with Crippen LogP contribution >= 0.6 is 0 Å². The fourth-order valence-corrected chi connectivity index (χ4v) is 3.29. The molecule has 0 saturated carbocycles. The largest absolute Gasteiger partial charge is 0.379 e. The number of likely N-dealkylation sites (N-methyl/N-ethyl adjacent to an activating group) is 1. The van der Waals surface area contributed by atoms with Crippen LogP contribution in [0.2, 0.25) is 0 Å². The normalized spacial score (nSPS) is 15.4. The average Bonchev–Trinajstić information content (AvgIpc) is 2.64. The molecule has 1 N–H and O–H groups in total. The van der Waals surface area contributed by atoms with Crippen molar-refractivity contribution in [2.24, 2.45) is 7.05 Å². The van der Waals surface area contributed by atoms with Crippen molar-refractivity contribution < 1.29 is 0 Å². The Bertz CT molecular complexity index is 778. The summed E-state index contributed by atoms with van der Waals surface area (Å²) in [5.41, 5.74) is 4.11. The first kappa shape index (κ1) is 17.5. The molecule has 0 spiro atoms. The maximum atomic E-state index is 12.2. The van der Waals surface area contributed by atoms with Crippen LogP contribution in [0.25, 0.3) is 0 Å². The minimum atomic E-state index is -0.0279. The van der Waals surface area contributed by atoms with Crippen molar-refractivity contribution in [2.75, 3.05) is 43.4 Å². The van der Waals surface area contributed by atoms with Gasteiger partial charge in [-0.2, -0.15) is 5.10 Å². The summed E-state index contributed by atoms with van der Waals surface area (Å²) in [4.78, 5) is 17.0. The van der Waals surface area contributed by atoms with E-state index in [9.17, 15) is 4.79 Å². The summed E-state index contributed by atoms with van der Waals surface area (Å²) in [5, 5.41) is 7.57. The Labute approximate surface area is 149 Å². The Kier molecular flexibility index (Phi) is 5.38. The van der Waals surface area contributed by atoms with Gasteiger partial charge in [0.1, 0.15) is 0 Å². The van der Waals surface area contributed by atoms with Gasteiger partial charge >= 0.3 is 0 Å². The molecule has 0 amide bonds. The van der Waals surface area contributed by atoms with Crippen LogP contribution in [0.1, 0.15) is 18.1 Å². The summed E-state index contributed by atoms with van der Waals surface area (Å²) in [6, 6.07) is 8.50. The standard InChI is InChI=1S/C19H27N5O/c1-4-16-17(14-21-23(3)19(16)25)20-13-15-7-5-6-8-18(15)24-11-9-22(2)10-12-24/h5-8,14,20H,4,9-13H2,1-3H3. The highest BCUT2D eigenvalue weighted by Crippen LogP contribution is 2.23. The van der Waals surface area contributed by atoms with Crippen molar-refractivity contribution in [1.82, 2.24) is 14.7 Å². The van der Waals surface area contributed by atoms with Gasteiger partial charge in [0.25, 0.3) is 5.56 Å². The van der Waals surface area contributed by atoms with Gasteiger partial charge < -0.3 is 15.1 Å². The van der Waals surface area contributed by atoms with E-state index in [2.05, 4.69) is 51.5 Å². The number of nitrogens with zero attached hydrogens (tertiary/aromatic N) is 4. The van der Waals surface area contributed by atoms with Crippen LogP contribution in [-0.4, -0.2) is 47.9 Å². The van der Waals surface area contributed by atoms with Gasteiger partial charge in [-0.05, 0) is 25.1 Å². The highest BCUT2D eigenvalue weighted by Gasteiger charge is 2.17. The highest BCUT2D eigenvalue weighted by atomic mass is 16.1. The summed E-state index contributed by atoms with van der Waals surface area (Å²) < 4.78 is 1.39. The average molecular weight is 341 g/mol. The number of piperazine rings is 1. The SMILES string of the molecule is CCc1c(NCc2ccccc2N2CCN(C)CC2)cnn(C)c1=O. The van der Waals surface area contributed by atoms with Crippen LogP contribution in [0.15, 0.2) is 35.3 Å². The Morgan fingerprint density at radius 3 is 2.56 bits per heavy atom. The van der Waals surface area contributed by atoms with Gasteiger partial charge in [0.2, 0.25) is 0 Å². The van der Waals surface area contributed by atoms with Gasteiger partial charge in [0, 0.05) is 51.0 Å². The second-order valence-electron chi connectivity index (χ2n) is 6.59. The third-order valence-corrected chi connectivity index (χ3v) is 4.90. The summed E-state index contributed by atoms with van der Waals surface area (Å²) in [6.45, 7) is 6.94. The number of anilines is 2. The summed E-state index contributed by atoms with van der Waals surface area (Å²) >= 11 is 0.